The van der Waals surface area contributed by atoms with E-state index in [9.17, 15) is 4.39 Å². The summed E-state index contributed by atoms with van der Waals surface area (Å²) < 4.78 is 21.4. The molecule has 0 fully saturated rings. The zero-order chi connectivity index (χ0) is 18.1. The molecular weight excluding hydrogens is 355 g/mol. The molecule has 1 aromatic carbocycles. The Kier molecular flexibility index (Phi) is 6.53. The van der Waals surface area contributed by atoms with Crippen LogP contribution in [0.15, 0.2) is 18.2 Å². The monoisotopic (exact) mass is 382 g/mol. The molecule has 1 unspecified atom stereocenters. The Balaban J connectivity index is 0.00000243. The Hall–Kier alpha value is -1.79. The molecule has 0 saturated heterocycles. The summed E-state index contributed by atoms with van der Waals surface area (Å²) in [5.41, 5.74) is 3.20. The molecule has 0 bridgehead atoms. The number of rotatable bonds is 5. The van der Waals surface area contributed by atoms with Crippen LogP contribution in [0, 0.1) is 5.82 Å². The molecule has 7 heteroatoms. The van der Waals surface area contributed by atoms with Crippen molar-refractivity contribution in [2.24, 2.45) is 7.05 Å². The van der Waals surface area contributed by atoms with Crippen LogP contribution in [0.3, 0.4) is 0 Å². The number of anilines is 1. The molecule has 26 heavy (non-hydrogen) atoms. The smallest absolute Gasteiger partial charge is 0.165 e. The number of nitrogens with zero attached hydrogens (tertiary/aromatic N) is 3. The van der Waals surface area contributed by atoms with Gasteiger partial charge in [-0.25, -0.2) is 4.39 Å². The van der Waals surface area contributed by atoms with Crippen LogP contribution in [0.25, 0.3) is 0 Å². The van der Waals surface area contributed by atoms with Crippen LogP contribution in [0.4, 0.5) is 10.2 Å². The number of benzene rings is 1. The number of aryl methyl sites for hydroxylation is 1. The summed E-state index contributed by atoms with van der Waals surface area (Å²) in [7, 11) is 6.04. The van der Waals surface area contributed by atoms with Crippen LogP contribution in [-0.4, -0.2) is 30.5 Å². The number of aromatic nitrogens is 2. The van der Waals surface area contributed by atoms with Crippen LogP contribution in [0.5, 0.6) is 5.75 Å². The number of hydrogen-bond donors (Lipinski definition) is 1. The van der Waals surface area contributed by atoms with Gasteiger partial charge in [0.15, 0.2) is 11.6 Å². The molecule has 1 atom stereocenters. The molecule has 5 nitrogen and oxygen atoms in total. The van der Waals surface area contributed by atoms with Gasteiger partial charge in [0.2, 0.25) is 0 Å². The third-order valence-electron chi connectivity index (χ3n) is 4.66. The van der Waals surface area contributed by atoms with Crippen molar-refractivity contribution in [1.29, 1.82) is 0 Å². The third-order valence-corrected chi connectivity index (χ3v) is 4.66. The molecule has 2 aromatic rings. The average Bonchev–Trinajstić information content (AvgIpc) is 2.90. The SMILES string of the molecule is CC(C)c1nn(C)c(N(C)C)c1CNC1CCOc2c(F)cccc21.Cl. The van der Waals surface area contributed by atoms with E-state index in [0.717, 1.165) is 23.5 Å². The number of para-hydroxylation sites is 1. The first-order chi connectivity index (χ1) is 11.9. The predicted octanol–water partition coefficient (Wildman–Crippen LogP) is 3.78. The highest BCUT2D eigenvalue weighted by molar-refractivity contribution is 5.85. The molecule has 2 heterocycles. The van der Waals surface area contributed by atoms with E-state index >= 15 is 0 Å². The summed E-state index contributed by atoms with van der Waals surface area (Å²) in [6.45, 7) is 5.53. The number of fused-ring (bicyclic) bond motifs is 1. The van der Waals surface area contributed by atoms with Gasteiger partial charge in [-0.05, 0) is 12.0 Å². The van der Waals surface area contributed by atoms with Crippen molar-refractivity contribution in [1.82, 2.24) is 15.1 Å². The Morgan fingerprint density at radius 3 is 2.77 bits per heavy atom. The number of halogens is 2. The van der Waals surface area contributed by atoms with Gasteiger partial charge in [0, 0.05) is 51.3 Å². The van der Waals surface area contributed by atoms with Gasteiger partial charge in [-0.2, -0.15) is 5.10 Å². The van der Waals surface area contributed by atoms with Gasteiger partial charge in [0.05, 0.1) is 12.3 Å². The Morgan fingerprint density at radius 1 is 1.38 bits per heavy atom. The lowest BCUT2D eigenvalue weighted by Gasteiger charge is -2.27. The maximum absolute atomic E-state index is 14.0. The minimum atomic E-state index is -0.290. The summed E-state index contributed by atoms with van der Waals surface area (Å²) in [6.07, 6.45) is 0.824. The second kappa shape index (κ2) is 8.27. The molecule has 3 rings (SSSR count). The van der Waals surface area contributed by atoms with Crippen molar-refractivity contribution in [3.8, 4) is 5.75 Å². The molecule has 0 saturated carbocycles. The maximum atomic E-state index is 14.0. The zero-order valence-corrected chi connectivity index (χ0v) is 16.9. The number of nitrogens with one attached hydrogen (secondary N) is 1. The Bertz CT molecular complexity index is 760. The highest BCUT2D eigenvalue weighted by Crippen LogP contribution is 2.35. The molecule has 144 valence electrons. The van der Waals surface area contributed by atoms with Gasteiger partial charge in [0.25, 0.3) is 0 Å². The average molecular weight is 383 g/mol. The first kappa shape index (κ1) is 20.5. The van der Waals surface area contributed by atoms with E-state index in [1.165, 1.54) is 11.6 Å². The maximum Gasteiger partial charge on any atom is 0.165 e. The summed E-state index contributed by atoms with van der Waals surface area (Å²) >= 11 is 0. The van der Waals surface area contributed by atoms with E-state index in [0.29, 0.717) is 24.8 Å². The molecule has 0 radical (unpaired) electrons. The van der Waals surface area contributed by atoms with E-state index in [2.05, 4.69) is 24.1 Å². The van der Waals surface area contributed by atoms with E-state index in [1.54, 1.807) is 6.07 Å². The first-order valence-electron chi connectivity index (χ1n) is 8.77. The van der Waals surface area contributed by atoms with Crippen LogP contribution in [0.2, 0.25) is 0 Å². The summed E-state index contributed by atoms with van der Waals surface area (Å²) in [5, 5.41) is 8.30. The van der Waals surface area contributed by atoms with Crippen LogP contribution >= 0.6 is 12.4 Å². The predicted molar refractivity (Wildman–Crippen MR) is 105 cm³/mol. The molecule has 0 spiro atoms. The Morgan fingerprint density at radius 2 is 2.12 bits per heavy atom. The molecule has 0 aliphatic carbocycles. The third kappa shape index (κ3) is 3.81. The second-order valence-electron chi connectivity index (χ2n) is 7.09. The van der Waals surface area contributed by atoms with E-state index < -0.39 is 0 Å². The highest BCUT2D eigenvalue weighted by Gasteiger charge is 2.26. The lowest BCUT2D eigenvalue weighted by molar-refractivity contribution is 0.240. The van der Waals surface area contributed by atoms with Crippen molar-refractivity contribution in [3.63, 3.8) is 0 Å². The normalized spacial score (nSPS) is 16.0. The van der Waals surface area contributed by atoms with Gasteiger partial charge >= 0.3 is 0 Å². The van der Waals surface area contributed by atoms with Gasteiger partial charge in [-0.1, -0.05) is 26.0 Å². The molecular formula is C19H28ClFN4O. The molecule has 1 aliphatic heterocycles. The second-order valence-corrected chi connectivity index (χ2v) is 7.09. The van der Waals surface area contributed by atoms with Crippen molar-refractivity contribution >= 4 is 18.2 Å². The fourth-order valence-corrected chi connectivity index (χ4v) is 3.60. The summed E-state index contributed by atoms with van der Waals surface area (Å²) in [6, 6.07) is 5.21. The molecule has 1 N–H and O–H groups in total. The standard InChI is InChI=1S/C19H27FN4O.ClH/c1-12(2)17-14(19(23(3)4)24(5)22-17)11-21-16-9-10-25-18-13(16)7-6-8-15(18)20;/h6-8,12,16,21H,9-11H2,1-5H3;1H. The van der Waals surface area contributed by atoms with Crippen LogP contribution < -0.4 is 15.0 Å². The minimum Gasteiger partial charge on any atom is -0.490 e. The van der Waals surface area contributed by atoms with Gasteiger partial charge < -0.3 is 15.0 Å². The van der Waals surface area contributed by atoms with Gasteiger partial charge in [0.1, 0.15) is 5.82 Å². The quantitative estimate of drug-likeness (QED) is 0.854. The lowest BCUT2D eigenvalue weighted by atomic mass is 9.99. The molecule has 0 amide bonds. The first-order valence-corrected chi connectivity index (χ1v) is 8.77. The summed E-state index contributed by atoms with van der Waals surface area (Å²) in [4.78, 5) is 2.09. The van der Waals surface area contributed by atoms with Crippen LogP contribution in [0.1, 0.15) is 49.0 Å². The molecule has 1 aromatic heterocycles. The van der Waals surface area contributed by atoms with E-state index in [4.69, 9.17) is 9.84 Å². The van der Waals surface area contributed by atoms with Crippen LogP contribution in [-0.2, 0) is 13.6 Å². The zero-order valence-electron chi connectivity index (χ0n) is 16.0. The molecule has 1 aliphatic rings. The number of hydrogen-bond acceptors (Lipinski definition) is 4. The van der Waals surface area contributed by atoms with Gasteiger partial charge in [-0.3, -0.25) is 4.68 Å². The fourth-order valence-electron chi connectivity index (χ4n) is 3.60. The van der Waals surface area contributed by atoms with Gasteiger partial charge in [-0.15, -0.1) is 12.4 Å². The number of ether oxygens (including phenoxy) is 1. The topological polar surface area (TPSA) is 42.3 Å². The minimum absolute atomic E-state index is 0. The largest absolute Gasteiger partial charge is 0.490 e. The van der Waals surface area contributed by atoms with Crippen molar-refractivity contribution < 1.29 is 9.13 Å². The van der Waals surface area contributed by atoms with E-state index in [1.807, 2.05) is 31.9 Å². The summed E-state index contributed by atoms with van der Waals surface area (Å²) in [5.74, 6) is 1.54. The Labute approximate surface area is 160 Å². The highest BCUT2D eigenvalue weighted by atomic mass is 35.5. The van der Waals surface area contributed by atoms with E-state index in [-0.39, 0.29) is 24.3 Å². The van der Waals surface area contributed by atoms with Crippen molar-refractivity contribution in [2.45, 2.75) is 38.8 Å². The lowest BCUT2D eigenvalue weighted by Crippen LogP contribution is -2.28. The van der Waals surface area contributed by atoms with Crippen molar-refractivity contribution in [3.05, 3.63) is 40.8 Å². The van der Waals surface area contributed by atoms with Crippen molar-refractivity contribution in [2.75, 3.05) is 25.6 Å². The fraction of sp³-hybridized carbons (Fsp3) is 0.526.